The minimum atomic E-state index is -0.389. The fourth-order valence-electron chi connectivity index (χ4n) is 2.10. The number of para-hydroxylation sites is 2. The highest BCUT2D eigenvalue weighted by Gasteiger charge is 2.21. The zero-order valence-corrected chi connectivity index (χ0v) is 13.2. The number of anilines is 2. The van der Waals surface area contributed by atoms with E-state index in [0.717, 1.165) is 6.42 Å². The van der Waals surface area contributed by atoms with Gasteiger partial charge >= 0.3 is 0 Å². The molecule has 0 aliphatic heterocycles. The molecule has 0 bridgehead atoms. The highest BCUT2D eigenvalue weighted by Crippen LogP contribution is 2.27. The molecule has 0 saturated heterocycles. The topological polar surface area (TPSA) is 46.3 Å². The van der Waals surface area contributed by atoms with Gasteiger partial charge in [0.2, 0.25) is 0 Å². The molecule has 0 unspecified atom stereocenters. The quantitative estimate of drug-likeness (QED) is 0.838. The second-order valence-electron chi connectivity index (χ2n) is 4.64. The number of nitrogens with zero attached hydrogens (tertiary/aromatic N) is 1. The first-order valence-corrected chi connectivity index (χ1v) is 7.45. The van der Waals surface area contributed by atoms with Crippen LogP contribution in [0.2, 0.25) is 0 Å². The van der Waals surface area contributed by atoms with Gasteiger partial charge in [0.25, 0.3) is 5.91 Å². The summed E-state index contributed by atoms with van der Waals surface area (Å²) < 4.78 is 13.6. The summed E-state index contributed by atoms with van der Waals surface area (Å²) in [6.45, 7) is 2.52. The monoisotopic (exact) mass is 350 g/mol. The van der Waals surface area contributed by atoms with Gasteiger partial charge < -0.3 is 10.6 Å². The molecule has 3 nitrogen and oxygen atoms in total. The molecule has 1 amide bonds. The molecule has 0 fully saturated rings. The van der Waals surface area contributed by atoms with Crippen molar-refractivity contribution in [3.63, 3.8) is 0 Å². The molecular formula is C16H16BrFN2O. The summed E-state index contributed by atoms with van der Waals surface area (Å²) in [5, 5.41) is 0. The smallest absolute Gasteiger partial charge is 0.259 e. The molecule has 2 aromatic carbocycles. The lowest BCUT2D eigenvalue weighted by Gasteiger charge is -2.24. The number of hydrogen-bond donors (Lipinski definition) is 1. The second-order valence-corrected chi connectivity index (χ2v) is 5.49. The van der Waals surface area contributed by atoms with E-state index in [9.17, 15) is 9.18 Å². The van der Waals surface area contributed by atoms with Crippen LogP contribution in [-0.4, -0.2) is 12.5 Å². The van der Waals surface area contributed by atoms with Crippen LogP contribution in [0.1, 0.15) is 23.7 Å². The van der Waals surface area contributed by atoms with E-state index < -0.39 is 0 Å². The normalized spacial score (nSPS) is 10.4. The van der Waals surface area contributed by atoms with Crippen molar-refractivity contribution in [3.05, 3.63) is 58.3 Å². The average molecular weight is 351 g/mol. The van der Waals surface area contributed by atoms with E-state index in [0.29, 0.717) is 28.0 Å². The van der Waals surface area contributed by atoms with Gasteiger partial charge in [-0.25, -0.2) is 4.39 Å². The zero-order chi connectivity index (χ0) is 15.4. The largest absolute Gasteiger partial charge is 0.397 e. The minimum Gasteiger partial charge on any atom is -0.397 e. The third-order valence-electron chi connectivity index (χ3n) is 3.08. The summed E-state index contributed by atoms with van der Waals surface area (Å²) in [5.41, 5.74) is 7.58. The van der Waals surface area contributed by atoms with Crippen molar-refractivity contribution >= 4 is 33.2 Å². The van der Waals surface area contributed by atoms with Gasteiger partial charge in [-0.1, -0.05) is 19.1 Å². The fourth-order valence-corrected chi connectivity index (χ4v) is 2.62. The molecule has 110 valence electrons. The number of benzene rings is 2. The molecule has 2 aromatic rings. The Morgan fingerprint density at radius 3 is 2.62 bits per heavy atom. The maximum Gasteiger partial charge on any atom is 0.259 e. The van der Waals surface area contributed by atoms with Crippen LogP contribution in [0.3, 0.4) is 0 Å². The Kier molecular flexibility index (Phi) is 4.96. The molecule has 5 heteroatoms. The molecule has 0 radical (unpaired) electrons. The van der Waals surface area contributed by atoms with Crippen molar-refractivity contribution in [2.24, 2.45) is 0 Å². The van der Waals surface area contributed by atoms with Crippen LogP contribution < -0.4 is 10.6 Å². The van der Waals surface area contributed by atoms with Gasteiger partial charge in [0.1, 0.15) is 5.82 Å². The Morgan fingerprint density at radius 2 is 2.00 bits per heavy atom. The van der Waals surface area contributed by atoms with E-state index in [-0.39, 0.29) is 11.7 Å². The summed E-state index contributed by atoms with van der Waals surface area (Å²) in [6, 6.07) is 11.2. The molecule has 0 saturated carbocycles. The highest BCUT2D eigenvalue weighted by molar-refractivity contribution is 9.10. The van der Waals surface area contributed by atoms with Crippen LogP contribution in [-0.2, 0) is 0 Å². The Bertz CT molecular complexity index is 660. The van der Waals surface area contributed by atoms with Gasteiger partial charge in [-0.15, -0.1) is 0 Å². The van der Waals surface area contributed by atoms with Crippen LogP contribution in [0, 0.1) is 5.82 Å². The van der Waals surface area contributed by atoms with E-state index in [1.165, 1.54) is 18.2 Å². The fraction of sp³-hybridized carbons (Fsp3) is 0.188. The van der Waals surface area contributed by atoms with E-state index in [2.05, 4.69) is 15.9 Å². The third-order valence-corrected chi connectivity index (χ3v) is 3.74. The molecule has 2 rings (SSSR count). The number of amides is 1. The van der Waals surface area contributed by atoms with Crippen LogP contribution in [0.5, 0.6) is 0 Å². The van der Waals surface area contributed by atoms with Crippen LogP contribution in [0.4, 0.5) is 15.8 Å². The Hall–Kier alpha value is -1.88. The molecule has 0 aliphatic carbocycles. The van der Waals surface area contributed by atoms with Gasteiger partial charge in [-0.05, 0) is 52.7 Å². The summed E-state index contributed by atoms with van der Waals surface area (Å²) in [5.74, 6) is -0.596. The molecular weight excluding hydrogens is 335 g/mol. The molecule has 0 aliphatic rings. The minimum absolute atomic E-state index is 0.207. The Labute approximate surface area is 131 Å². The highest BCUT2D eigenvalue weighted by atomic mass is 79.9. The molecule has 0 aromatic heterocycles. The van der Waals surface area contributed by atoms with Crippen molar-refractivity contribution in [2.75, 3.05) is 17.2 Å². The van der Waals surface area contributed by atoms with E-state index in [4.69, 9.17) is 5.73 Å². The molecule has 2 N–H and O–H groups in total. The number of hydrogen-bond acceptors (Lipinski definition) is 2. The SMILES string of the molecule is CCCN(C(=O)c1ccc(F)cc1Br)c1ccccc1N. The Morgan fingerprint density at radius 1 is 1.29 bits per heavy atom. The first-order valence-electron chi connectivity index (χ1n) is 6.66. The average Bonchev–Trinajstić information content (AvgIpc) is 2.45. The van der Waals surface area contributed by atoms with E-state index in [1.54, 1.807) is 17.0 Å². The molecule has 0 atom stereocenters. The summed E-state index contributed by atoms with van der Waals surface area (Å²) in [7, 11) is 0. The summed E-state index contributed by atoms with van der Waals surface area (Å²) >= 11 is 3.24. The summed E-state index contributed by atoms with van der Waals surface area (Å²) in [6.07, 6.45) is 0.791. The van der Waals surface area contributed by atoms with Crippen molar-refractivity contribution in [1.29, 1.82) is 0 Å². The lowest BCUT2D eigenvalue weighted by Crippen LogP contribution is -2.32. The number of nitrogen functional groups attached to an aromatic ring is 1. The van der Waals surface area contributed by atoms with Gasteiger partial charge in [-0.3, -0.25) is 4.79 Å². The number of rotatable bonds is 4. The van der Waals surface area contributed by atoms with Crippen molar-refractivity contribution in [2.45, 2.75) is 13.3 Å². The molecule has 0 heterocycles. The number of halogens is 2. The first-order chi connectivity index (χ1) is 10.0. The van der Waals surface area contributed by atoms with Gasteiger partial charge in [0, 0.05) is 11.0 Å². The predicted octanol–water partition coefficient (Wildman–Crippen LogP) is 4.23. The van der Waals surface area contributed by atoms with Crippen molar-refractivity contribution < 1.29 is 9.18 Å². The van der Waals surface area contributed by atoms with Crippen LogP contribution in [0.25, 0.3) is 0 Å². The molecule has 21 heavy (non-hydrogen) atoms. The van der Waals surface area contributed by atoms with Crippen LogP contribution in [0.15, 0.2) is 46.9 Å². The van der Waals surface area contributed by atoms with Gasteiger partial charge in [-0.2, -0.15) is 0 Å². The van der Waals surface area contributed by atoms with E-state index >= 15 is 0 Å². The zero-order valence-electron chi connectivity index (χ0n) is 11.6. The van der Waals surface area contributed by atoms with Crippen molar-refractivity contribution in [1.82, 2.24) is 0 Å². The van der Waals surface area contributed by atoms with Crippen LogP contribution >= 0.6 is 15.9 Å². The maximum absolute atomic E-state index is 13.2. The maximum atomic E-state index is 13.2. The third kappa shape index (κ3) is 3.42. The first kappa shape index (κ1) is 15.5. The second kappa shape index (κ2) is 6.72. The van der Waals surface area contributed by atoms with E-state index in [1.807, 2.05) is 19.1 Å². The number of carbonyl (C=O) groups is 1. The van der Waals surface area contributed by atoms with Gasteiger partial charge in [0.05, 0.1) is 16.9 Å². The standard InChI is InChI=1S/C16H16BrFN2O/c1-2-9-20(15-6-4-3-5-14(15)19)16(21)12-8-7-11(18)10-13(12)17/h3-8,10H,2,9,19H2,1H3. The lowest BCUT2D eigenvalue weighted by atomic mass is 10.1. The lowest BCUT2D eigenvalue weighted by molar-refractivity contribution is 0.0986. The predicted molar refractivity (Wildman–Crippen MR) is 86.9 cm³/mol. The summed E-state index contributed by atoms with van der Waals surface area (Å²) in [4.78, 5) is 14.4. The number of nitrogens with two attached hydrogens (primary N) is 1. The number of carbonyl (C=O) groups excluding carboxylic acids is 1. The van der Waals surface area contributed by atoms with Gasteiger partial charge in [0.15, 0.2) is 0 Å². The molecule has 0 spiro atoms. The van der Waals surface area contributed by atoms with Crippen molar-refractivity contribution in [3.8, 4) is 0 Å². The Balaban J connectivity index is 2.43.